The first-order chi connectivity index (χ1) is 7.99. The molecule has 4 nitrogen and oxygen atoms in total. The summed E-state index contributed by atoms with van der Waals surface area (Å²) in [5.74, 6) is -0.320. The van der Waals surface area contributed by atoms with Crippen molar-refractivity contribution < 1.29 is 18.3 Å². The van der Waals surface area contributed by atoms with Crippen LogP contribution in [0.25, 0.3) is 0 Å². The molecule has 1 saturated carbocycles. The van der Waals surface area contributed by atoms with Gasteiger partial charge in [0.25, 0.3) is 0 Å². The van der Waals surface area contributed by atoms with Crippen molar-refractivity contribution in [2.75, 3.05) is 5.75 Å². The number of carbonyl (C=O) groups is 1. The topological polar surface area (TPSA) is 71.4 Å². The fourth-order valence-corrected chi connectivity index (χ4v) is 3.08. The molecule has 0 saturated heterocycles. The molecule has 0 aromatic heterocycles. The molecule has 17 heavy (non-hydrogen) atoms. The number of hydrogen-bond donors (Lipinski definition) is 1. The third kappa shape index (κ3) is 3.06. The maximum absolute atomic E-state index is 11.9. The molecule has 0 unspecified atom stereocenters. The molecule has 0 amide bonds. The van der Waals surface area contributed by atoms with Crippen LogP contribution in [0.3, 0.4) is 0 Å². The first kappa shape index (κ1) is 12.1. The Labute approximate surface area is 100 Å². The van der Waals surface area contributed by atoms with E-state index in [0.29, 0.717) is 12.3 Å². The van der Waals surface area contributed by atoms with E-state index in [0.717, 1.165) is 12.8 Å². The summed E-state index contributed by atoms with van der Waals surface area (Å²) >= 11 is 0. The molecule has 2 rings (SSSR count). The largest absolute Gasteiger partial charge is 0.478 e. The van der Waals surface area contributed by atoms with Gasteiger partial charge in [-0.3, -0.25) is 0 Å². The minimum absolute atomic E-state index is 0.103. The fraction of sp³-hybridized carbons (Fsp3) is 0.417. The van der Waals surface area contributed by atoms with Crippen LogP contribution in [0.1, 0.15) is 29.6 Å². The van der Waals surface area contributed by atoms with Crippen LogP contribution in [0.5, 0.6) is 0 Å². The minimum atomic E-state index is -3.25. The maximum atomic E-state index is 11.9. The molecule has 1 aliphatic carbocycles. The molecule has 1 aromatic rings. The molecule has 1 fully saturated rings. The van der Waals surface area contributed by atoms with Gasteiger partial charge in [-0.15, -0.1) is 0 Å². The quantitative estimate of drug-likeness (QED) is 0.871. The zero-order chi connectivity index (χ0) is 12.5. The van der Waals surface area contributed by atoms with E-state index in [4.69, 9.17) is 5.11 Å². The molecule has 0 atom stereocenters. The molecule has 5 heteroatoms. The third-order valence-electron chi connectivity index (χ3n) is 2.95. The Morgan fingerprint density at radius 3 is 2.29 bits per heavy atom. The number of carboxylic acid groups (broad SMARTS) is 1. The van der Waals surface area contributed by atoms with Gasteiger partial charge in [0.15, 0.2) is 9.84 Å². The van der Waals surface area contributed by atoms with Crippen molar-refractivity contribution in [3.63, 3.8) is 0 Å². The van der Waals surface area contributed by atoms with Crippen LogP contribution >= 0.6 is 0 Å². The second-order valence-corrected chi connectivity index (χ2v) is 6.49. The normalized spacial score (nSPS) is 15.8. The SMILES string of the molecule is O=C(O)c1ccc(S(=O)(=O)CCC2CC2)cc1. The van der Waals surface area contributed by atoms with Crippen molar-refractivity contribution in [3.8, 4) is 0 Å². The van der Waals surface area contributed by atoms with Gasteiger partial charge in [0.2, 0.25) is 0 Å². The predicted octanol–water partition coefficient (Wildman–Crippen LogP) is 1.96. The number of sulfone groups is 1. The Bertz CT molecular complexity index is 512. The number of rotatable bonds is 5. The standard InChI is InChI=1S/C12H14O4S/c13-12(14)10-3-5-11(6-4-10)17(15,16)8-7-9-1-2-9/h3-6,9H,1-2,7-8H2,(H,13,14). The second-order valence-electron chi connectivity index (χ2n) is 4.38. The molecule has 0 spiro atoms. The van der Waals surface area contributed by atoms with Gasteiger partial charge < -0.3 is 5.11 Å². The molecule has 0 aliphatic heterocycles. The lowest BCUT2D eigenvalue weighted by Gasteiger charge is -2.04. The number of benzene rings is 1. The summed E-state index contributed by atoms with van der Waals surface area (Å²) in [6.07, 6.45) is 2.98. The Morgan fingerprint density at radius 2 is 1.82 bits per heavy atom. The van der Waals surface area contributed by atoms with Gasteiger partial charge in [-0.05, 0) is 36.6 Å². The zero-order valence-corrected chi connectivity index (χ0v) is 10.1. The van der Waals surface area contributed by atoms with E-state index in [1.807, 2.05) is 0 Å². The molecule has 1 aromatic carbocycles. The van der Waals surface area contributed by atoms with Gasteiger partial charge in [-0.1, -0.05) is 12.8 Å². The summed E-state index contributed by atoms with van der Waals surface area (Å²) in [7, 11) is -3.25. The van der Waals surface area contributed by atoms with Crippen LogP contribution in [0, 0.1) is 5.92 Å². The lowest BCUT2D eigenvalue weighted by molar-refractivity contribution is 0.0697. The first-order valence-electron chi connectivity index (χ1n) is 5.55. The molecule has 1 N–H and O–H groups in total. The van der Waals surface area contributed by atoms with Gasteiger partial charge in [0.1, 0.15) is 0 Å². The molecule has 1 aliphatic rings. The zero-order valence-electron chi connectivity index (χ0n) is 9.30. The predicted molar refractivity (Wildman–Crippen MR) is 62.8 cm³/mol. The number of hydrogen-bond acceptors (Lipinski definition) is 3. The molecule has 0 radical (unpaired) electrons. The summed E-state index contributed by atoms with van der Waals surface area (Å²) in [4.78, 5) is 10.8. The van der Waals surface area contributed by atoms with Crippen LogP contribution in [0.2, 0.25) is 0 Å². The highest BCUT2D eigenvalue weighted by Crippen LogP contribution is 2.33. The fourth-order valence-electron chi connectivity index (χ4n) is 1.65. The van der Waals surface area contributed by atoms with Crippen molar-refractivity contribution in [3.05, 3.63) is 29.8 Å². The van der Waals surface area contributed by atoms with Gasteiger partial charge in [-0.2, -0.15) is 0 Å². The van der Waals surface area contributed by atoms with E-state index in [9.17, 15) is 13.2 Å². The van der Waals surface area contributed by atoms with E-state index in [1.54, 1.807) is 0 Å². The molecular formula is C12H14O4S. The van der Waals surface area contributed by atoms with Gasteiger partial charge >= 0.3 is 5.97 Å². The average molecular weight is 254 g/mol. The van der Waals surface area contributed by atoms with Crippen LogP contribution < -0.4 is 0 Å². The summed E-state index contributed by atoms with van der Waals surface area (Å²) in [5.41, 5.74) is 0.103. The van der Waals surface area contributed by atoms with E-state index >= 15 is 0 Å². The van der Waals surface area contributed by atoms with E-state index < -0.39 is 15.8 Å². The second kappa shape index (κ2) is 4.49. The lowest BCUT2D eigenvalue weighted by atomic mass is 10.2. The molecule has 0 bridgehead atoms. The molecular weight excluding hydrogens is 240 g/mol. The van der Waals surface area contributed by atoms with Crippen LogP contribution in [0.4, 0.5) is 0 Å². The summed E-state index contributed by atoms with van der Waals surface area (Å²) < 4.78 is 23.8. The Morgan fingerprint density at radius 1 is 1.24 bits per heavy atom. The van der Waals surface area contributed by atoms with E-state index in [-0.39, 0.29) is 16.2 Å². The monoisotopic (exact) mass is 254 g/mol. The Kier molecular flexibility index (Phi) is 3.19. The highest BCUT2D eigenvalue weighted by molar-refractivity contribution is 7.91. The average Bonchev–Trinajstić information content (AvgIpc) is 3.10. The van der Waals surface area contributed by atoms with Gasteiger partial charge in [-0.25, -0.2) is 13.2 Å². The van der Waals surface area contributed by atoms with Crippen molar-refractivity contribution >= 4 is 15.8 Å². The summed E-state index contributed by atoms with van der Waals surface area (Å²) in [6, 6.07) is 5.38. The maximum Gasteiger partial charge on any atom is 0.335 e. The minimum Gasteiger partial charge on any atom is -0.478 e. The van der Waals surface area contributed by atoms with Crippen LogP contribution in [-0.4, -0.2) is 25.2 Å². The van der Waals surface area contributed by atoms with Crippen LogP contribution in [-0.2, 0) is 9.84 Å². The van der Waals surface area contributed by atoms with Crippen molar-refractivity contribution in [2.45, 2.75) is 24.2 Å². The Hall–Kier alpha value is -1.36. The third-order valence-corrected chi connectivity index (χ3v) is 4.72. The molecule has 92 valence electrons. The van der Waals surface area contributed by atoms with Crippen molar-refractivity contribution in [1.29, 1.82) is 0 Å². The Balaban J connectivity index is 2.11. The van der Waals surface area contributed by atoms with E-state index in [2.05, 4.69) is 0 Å². The summed E-state index contributed by atoms with van der Waals surface area (Å²) in [5, 5.41) is 8.71. The van der Waals surface area contributed by atoms with Gasteiger partial charge in [0.05, 0.1) is 16.2 Å². The van der Waals surface area contributed by atoms with Crippen molar-refractivity contribution in [2.24, 2.45) is 5.92 Å². The lowest BCUT2D eigenvalue weighted by Crippen LogP contribution is -2.08. The molecule has 0 heterocycles. The summed E-state index contributed by atoms with van der Waals surface area (Å²) in [6.45, 7) is 0. The highest BCUT2D eigenvalue weighted by Gasteiger charge is 2.24. The highest BCUT2D eigenvalue weighted by atomic mass is 32.2. The first-order valence-corrected chi connectivity index (χ1v) is 7.20. The van der Waals surface area contributed by atoms with Crippen molar-refractivity contribution in [1.82, 2.24) is 0 Å². The number of carboxylic acids is 1. The van der Waals surface area contributed by atoms with E-state index in [1.165, 1.54) is 24.3 Å². The smallest absolute Gasteiger partial charge is 0.335 e. The van der Waals surface area contributed by atoms with Gasteiger partial charge in [0, 0.05) is 0 Å². The number of aromatic carboxylic acids is 1. The van der Waals surface area contributed by atoms with Crippen LogP contribution in [0.15, 0.2) is 29.2 Å².